The van der Waals surface area contributed by atoms with Gasteiger partial charge in [0.25, 0.3) is 0 Å². The van der Waals surface area contributed by atoms with Gasteiger partial charge < -0.3 is 24.3 Å². The molecule has 3 aromatic carbocycles. The highest BCUT2D eigenvalue weighted by Crippen LogP contribution is 2.54. The van der Waals surface area contributed by atoms with Crippen molar-refractivity contribution in [1.82, 2.24) is 4.57 Å². The van der Waals surface area contributed by atoms with Crippen LogP contribution < -0.4 is 4.74 Å². The maximum atomic E-state index is 15.7. The van der Waals surface area contributed by atoms with Gasteiger partial charge >= 0.3 is 5.97 Å². The molecule has 198 valence electrons. The Kier molecular flexibility index (Phi) is 6.30. The number of aromatic carboxylic acids is 1. The largest absolute Gasteiger partial charge is 0.504 e. The first-order chi connectivity index (χ1) is 18.1. The van der Waals surface area contributed by atoms with Crippen molar-refractivity contribution in [3.05, 3.63) is 77.0 Å². The van der Waals surface area contributed by atoms with Crippen LogP contribution in [0.5, 0.6) is 11.5 Å². The molecule has 0 spiro atoms. The average molecular weight is 529 g/mol. The van der Waals surface area contributed by atoms with Gasteiger partial charge in [0.1, 0.15) is 17.1 Å². The average Bonchev–Trinajstić information content (AvgIpc) is 3.20. The molecule has 2 N–H and O–H groups in total. The molecule has 38 heavy (non-hydrogen) atoms. The van der Waals surface area contributed by atoms with E-state index in [4.69, 9.17) is 9.47 Å². The zero-order valence-electron chi connectivity index (χ0n) is 20.4. The minimum atomic E-state index is -1.42. The summed E-state index contributed by atoms with van der Waals surface area (Å²) in [7, 11) is 2.72. The molecule has 0 amide bonds. The maximum Gasteiger partial charge on any atom is 0.339 e. The fourth-order valence-corrected chi connectivity index (χ4v) is 5.41. The summed E-state index contributed by atoms with van der Waals surface area (Å²) in [5.74, 6) is -6.47. The summed E-state index contributed by atoms with van der Waals surface area (Å²) < 4.78 is 71.1. The van der Waals surface area contributed by atoms with Gasteiger partial charge in [-0.15, -0.1) is 0 Å². The Bertz CT molecular complexity index is 1590. The van der Waals surface area contributed by atoms with Gasteiger partial charge in [0.15, 0.2) is 23.2 Å². The van der Waals surface area contributed by atoms with E-state index in [1.807, 2.05) is 0 Å². The number of fused-ring (bicyclic) bond motifs is 1. The van der Waals surface area contributed by atoms with Crippen LogP contribution in [0.2, 0.25) is 0 Å². The number of carboxylic acids is 1. The Labute approximate surface area is 214 Å². The zero-order chi connectivity index (χ0) is 27.4. The molecule has 0 bridgehead atoms. The van der Waals surface area contributed by atoms with E-state index in [9.17, 15) is 28.2 Å². The number of carboxylic acid groups (broad SMARTS) is 1. The summed E-state index contributed by atoms with van der Waals surface area (Å²) in [5.41, 5.74) is -0.507. The number of hydrogen-bond donors (Lipinski definition) is 2. The molecular formula is C28H23F4NO5. The molecule has 0 aliphatic heterocycles. The second-order valence-corrected chi connectivity index (χ2v) is 9.35. The topological polar surface area (TPSA) is 80.9 Å². The first-order valence-corrected chi connectivity index (χ1v) is 11.8. The SMILES string of the molecule is COCC1(c2c(-c3cc(OC)c(C(=O)O)cc3F)c3c(O)c(F)ccc3n2-c2ccc(F)c(F)c2)CCC1. The van der Waals surface area contributed by atoms with Gasteiger partial charge in [0, 0.05) is 41.1 Å². The standard InChI is InChI=1S/C28H23F4NO5/c1-37-13-28(8-3-9-28)26-23(15-12-22(38-2)16(27(35)36)11-19(15)31)24-21(7-6-18(30)25(24)34)33(26)14-4-5-17(29)20(32)10-14/h4-7,10-12,34H,3,8-9,13H2,1-2H3,(H,35,36). The lowest BCUT2D eigenvalue weighted by atomic mass is 9.65. The molecule has 0 radical (unpaired) electrons. The van der Waals surface area contributed by atoms with Crippen molar-refractivity contribution in [3.8, 4) is 28.3 Å². The maximum absolute atomic E-state index is 15.7. The van der Waals surface area contributed by atoms with Crippen molar-refractivity contribution in [3.63, 3.8) is 0 Å². The number of ether oxygens (including phenoxy) is 2. The van der Waals surface area contributed by atoms with E-state index in [2.05, 4.69) is 0 Å². The van der Waals surface area contributed by atoms with Crippen LogP contribution in [0, 0.1) is 23.3 Å². The Morgan fingerprint density at radius 1 is 0.974 bits per heavy atom. The number of hydrogen-bond acceptors (Lipinski definition) is 4. The number of methoxy groups -OCH3 is 2. The molecule has 4 aromatic rings. The number of nitrogens with zero attached hydrogens (tertiary/aromatic N) is 1. The van der Waals surface area contributed by atoms with Crippen molar-refractivity contribution < 1.29 is 42.0 Å². The van der Waals surface area contributed by atoms with Crippen molar-refractivity contribution >= 4 is 16.9 Å². The molecule has 1 saturated carbocycles. The van der Waals surface area contributed by atoms with Crippen LogP contribution >= 0.6 is 0 Å². The van der Waals surface area contributed by atoms with Gasteiger partial charge in [-0.05, 0) is 49.2 Å². The highest BCUT2D eigenvalue weighted by Gasteiger charge is 2.45. The summed E-state index contributed by atoms with van der Waals surface area (Å²) in [6.45, 7) is 0.162. The fourth-order valence-electron chi connectivity index (χ4n) is 5.41. The molecule has 1 aromatic heterocycles. The molecular weight excluding hydrogens is 506 g/mol. The predicted octanol–water partition coefficient (Wildman–Crippen LogP) is 6.33. The predicted molar refractivity (Wildman–Crippen MR) is 131 cm³/mol. The van der Waals surface area contributed by atoms with Crippen molar-refractivity contribution in [2.24, 2.45) is 0 Å². The van der Waals surface area contributed by atoms with Crippen LogP contribution in [0.15, 0.2) is 42.5 Å². The van der Waals surface area contributed by atoms with Crippen LogP contribution in [0.4, 0.5) is 17.6 Å². The van der Waals surface area contributed by atoms with Gasteiger partial charge in [-0.3, -0.25) is 0 Å². The first kappa shape index (κ1) is 25.6. The highest BCUT2D eigenvalue weighted by molar-refractivity contribution is 6.04. The monoisotopic (exact) mass is 529 g/mol. The quantitative estimate of drug-likeness (QED) is 0.273. The summed E-state index contributed by atoms with van der Waals surface area (Å²) in [6, 6.07) is 7.59. The molecule has 1 aliphatic rings. The first-order valence-electron chi connectivity index (χ1n) is 11.8. The lowest BCUT2D eigenvalue weighted by Crippen LogP contribution is -2.41. The third-order valence-electron chi connectivity index (χ3n) is 7.24. The third-order valence-corrected chi connectivity index (χ3v) is 7.24. The molecule has 10 heteroatoms. The molecule has 1 heterocycles. The Hall–Kier alpha value is -4.05. The van der Waals surface area contributed by atoms with Gasteiger partial charge in [-0.25, -0.2) is 22.4 Å². The minimum Gasteiger partial charge on any atom is -0.504 e. The van der Waals surface area contributed by atoms with E-state index >= 15 is 4.39 Å². The molecule has 0 unspecified atom stereocenters. The van der Waals surface area contributed by atoms with E-state index in [1.165, 1.54) is 32.4 Å². The normalized spacial score (nSPS) is 14.5. The Morgan fingerprint density at radius 2 is 1.68 bits per heavy atom. The van der Waals surface area contributed by atoms with Gasteiger partial charge in [0.2, 0.25) is 0 Å². The number of phenols is 1. The van der Waals surface area contributed by atoms with E-state index in [1.54, 1.807) is 4.57 Å². The lowest BCUT2D eigenvalue weighted by Gasteiger charge is -2.43. The molecule has 0 saturated heterocycles. The van der Waals surface area contributed by atoms with Crippen molar-refractivity contribution in [1.29, 1.82) is 0 Å². The summed E-state index contributed by atoms with van der Waals surface area (Å²) in [6.07, 6.45) is 1.93. The number of rotatable bonds is 7. The van der Waals surface area contributed by atoms with E-state index < -0.39 is 46.0 Å². The summed E-state index contributed by atoms with van der Waals surface area (Å²) in [5, 5.41) is 20.4. The van der Waals surface area contributed by atoms with Crippen LogP contribution in [-0.2, 0) is 10.2 Å². The molecule has 1 fully saturated rings. The number of aromatic hydroxyl groups is 1. The fraction of sp³-hybridized carbons (Fsp3) is 0.250. The molecule has 1 aliphatic carbocycles. The van der Waals surface area contributed by atoms with Crippen molar-refractivity contribution in [2.75, 3.05) is 20.8 Å². The minimum absolute atomic E-state index is 0.0730. The van der Waals surface area contributed by atoms with E-state index in [0.29, 0.717) is 18.5 Å². The van der Waals surface area contributed by atoms with Gasteiger partial charge in [-0.2, -0.15) is 0 Å². The second-order valence-electron chi connectivity index (χ2n) is 9.35. The van der Waals surface area contributed by atoms with Gasteiger partial charge in [-0.1, -0.05) is 6.42 Å². The summed E-state index contributed by atoms with van der Waals surface area (Å²) in [4.78, 5) is 11.7. The highest BCUT2D eigenvalue weighted by atomic mass is 19.2. The number of carbonyl (C=O) groups is 1. The number of halogens is 4. The third kappa shape index (κ3) is 3.78. The number of phenolic OH excluding ortho intramolecular Hbond substituents is 1. The summed E-state index contributed by atoms with van der Waals surface area (Å²) >= 11 is 0. The zero-order valence-corrected chi connectivity index (χ0v) is 20.4. The molecule has 5 rings (SSSR count). The van der Waals surface area contributed by atoms with Gasteiger partial charge in [0.05, 0.1) is 24.6 Å². The number of benzene rings is 3. The molecule has 6 nitrogen and oxygen atoms in total. The Balaban J connectivity index is 2.00. The van der Waals surface area contributed by atoms with Crippen LogP contribution in [-0.4, -0.2) is 41.6 Å². The molecule has 0 atom stereocenters. The Morgan fingerprint density at radius 3 is 2.26 bits per heavy atom. The number of aromatic nitrogens is 1. The van der Waals surface area contributed by atoms with Crippen LogP contribution in [0.1, 0.15) is 35.3 Å². The van der Waals surface area contributed by atoms with E-state index in [-0.39, 0.29) is 40.1 Å². The van der Waals surface area contributed by atoms with Crippen LogP contribution in [0.25, 0.3) is 27.7 Å². The lowest BCUT2D eigenvalue weighted by molar-refractivity contribution is 0.0692. The second kappa shape index (κ2) is 9.36. The van der Waals surface area contributed by atoms with Crippen LogP contribution in [0.3, 0.4) is 0 Å². The van der Waals surface area contributed by atoms with Crippen molar-refractivity contribution in [2.45, 2.75) is 24.7 Å². The van der Waals surface area contributed by atoms with E-state index in [0.717, 1.165) is 30.7 Å². The smallest absolute Gasteiger partial charge is 0.339 e.